The molecular formula is C14H14N2OS. The Morgan fingerprint density at radius 2 is 2.17 bits per heavy atom. The zero-order valence-electron chi connectivity index (χ0n) is 9.89. The van der Waals surface area contributed by atoms with Gasteiger partial charge in [-0.3, -0.25) is 0 Å². The van der Waals surface area contributed by atoms with Gasteiger partial charge in [0.15, 0.2) is 0 Å². The third-order valence-electron chi connectivity index (χ3n) is 2.97. The lowest BCUT2D eigenvalue weighted by Crippen LogP contribution is -1.88. The first-order valence-corrected chi connectivity index (χ1v) is 6.88. The highest BCUT2D eigenvalue weighted by Crippen LogP contribution is 2.29. The zero-order chi connectivity index (χ0) is 12.4. The molecule has 3 nitrogen and oxygen atoms in total. The van der Waals surface area contributed by atoms with E-state index in [0.29, 0.717) is 0 Å². The SMILES string of the molecule is OCCCc1nc(-c2c[nH]c3ccccc23)cs1. The van der Waals surface area contributed by atoms with Gasteiger partial charge in [0.2, 0.25) is 0 Å². The summed E-state index contributed by atoms with van der Waals surface area (Å²) in [6, 6.07) is 8.24. The monoisotopic (exact) mass is 258 g/mol. The number of aryl methyl sites for hydroxylation is 1. The third-order valence-corrected chi connectivity index (χ3v) is 3.87. The molecule has 0 aliphatic carbocycles. The minimum Gasteiger partial charge on any atom is -0.396 e. The van der Waals surface area contributed by atoms with Crippen LogP contribution in [-0.4, -0.2) is 21.7 Å². The summed E-state index contributed by atoms with van der Waals surface area (Å²) in [4.78, 5) is 7.89. The molecule has 0 bridgehead atoms. The molecule has 4 heteroatoms. The highest BCUT2D eigenvalue weighted by atomic mass is 32.1. The van der Waals surface area contributed by atoms with Gasteiger partial charge in [-0.1, -0.05) is 18.2 Å². The van der Waals surface area contributed by atoms with E-state index in [-0.39, 0.29) is 6.61 Å². The molecule has 2 heterocycles. The van der Waals surface area contributed by atoms with Crippen molar-refractivity contribution in [1.82, 2.24) is 9.97 Å². The Morgan fingerprint density at radius 1 is 1.28 bits per heavy atom. The van der Waals surface area contributed by atoms with Crippen LogP contribution < -0.4 is 0 Å². The van der Waals surface area contributed by atoms with E-state index in [1.807, 2.05) is 18.3 Å². The van der Waals surface area contributed by atoms with Crippen LogP contribution in [0.3, 0.4) is 0 Å². The van der Waals surface area contributed by atoms with Crippen molar-refractivity contribution in [2.45, 2.75) is 12.8 Å². The summed E-state index contributed by atoms with van der Waals surface area (Å²) in [5.41, 5.74) is 3.31. The van der Waals surface area contributed by atoms with Crippen molar-refractivity contribution in [1.29, 1.82) is 0 Å². The van der Waals surface area contributed by atoms with E-state index >= 15 is 0 Å². The van der Waals surface area contributed by atoms with Crippen LogP contribution in [0.5, 0.6) is 0 Å². The van der Waals surface area contributed by atoms with Crippen LogP contribution in [0.4, 0.5) is 0 Å². The molecule has 0 saturated heterocycles. The summed E-state index contributed by atoms with van der Waals surface area (Å²) < 4.78 is 0. The van der Waals surface area contributed by atoms with E-state index in [0.717, 1.165) is 34.6 Å². The van der Waals surface area contributed by atoms with Crippen LogP contribution in [0, 0.1) is 0 Å². The zero-order valence-corrected chi connectivity index (χ0v) is 10.7. The molecule has 0 fully saturated rings. The number of aliphatic hydroxyl groups is 1. The van der Waals surface area contributed by atoms with Crippen molar-refractivity contribution >= 4 is 22.2 Å². The summed E-state index contributed by atoms with van der Waals surface area (Å²) in [7, 11) is 0. The second-order valence-electron chi connectivity index (χ2n) is 4.20. The summed E-state index contributed by atoms with van der Waals surface area (Å²) in [6.07, 6.45) is 3.64. The van der Waals surface area contributed by atoms with E-state index in [1.165, 1.54) is 5.39 Å². The third kappa shape index (κ3) is 2.05. The Balaban J connectivity index is 1.96. The van der Waals surface area contributed by atoms with Gasteiger partial charge in [-0.05, 0) is 12.5 Å². The maximum atomic E-state index is 8.83. The molecule has 0 atom stereocenters. The standard InChI is InChI=1S/C14H14N2OS/c17-7-3-6-14-16-13(9-18-14)11-8-15-12-5-2-1-4-10(11)12/h1-2,4-5,8-9,15,17H,3,6-7H2. The molecule has 0 amide bonds. The average Bonchev–Trinajstić information content (AvgIpc) is 3.02. The van der Waals surface area contributed by atoms with Crippen molar-refractivity contribution in [2.24, 2.45) is 0 Å². The van der Waals surface area contributed by atoms with E-state index in [4.69, 9.17) is 5.11 Å². The van der Waals surface area contributed by atoms with Gasteiger partial charge in [0.1, 0.15) is 0 Å². The Hall–Kier alpha value is -1.65. The van der Waals surface area contributed by atoms with Crippen LogP contribution in [0.2, 0.25) is 0 Å². The highest BCUT2D eigenvalue weighted by molar-refractivity contribution is 7.09. The minimum atomic E-state index is 0.224. The summed E-state index contributed by atoms with van der Waals surface area (Å²) in [5.74, 6) is 0. The number of nitrogens with zero attached hydrogens (tertiary/aromatic N) is 1. The molecule has 92 valence electrons. The Bertz CT molecular complexity index is 656. The van der Waals surface area contributed by atoms with Crippen LogP contribution in [0.15, 0.2) is 35.8 Å². The first-order chi connectivity index (χ1) is 8.88. The Morgan fingerprint density at radius 3 is 3.06 bits per heavy atom. The molecule has 1 aromatic carbocycles. The van der Waals surface area contributed by atoms with Gasteiger partial charge in [0.25, 0.3) is 0 Å². The number of nitrogens with one attached hydrogen (secondary N) is 1. The largest absolute Gasteiger partial charge is 0.396 e. The molecule has 0 radical (unpaired) electrons. The molecule has 3 aromatic rings. The predicted molar refractivity (Wildman–Crippen MR) is 74.8 cm³/mol. The number of rotatable bonds is 4. The van der Waals surface area contributed by atoms with E-state index in [2.05, 4.69) is 27.5 Å². The molecule has 2 aromatic heterocycles. The van der Waals surface area contributed by atoms with Crippen LogP contribution >= 0.6 is 11.3 Å². The van der Waals surface area contributed by atoms with E-state index < -0.39 is 0 Å². The topological polar surface area (TPSA) is 48.9 Å². The average molecular weight is 258 g/mol. The molecule has 0 spiro atoms. The molecule has 0 saturated carbocycles. The van der Waals surface area contributed by atoms with Gasteiger partial charge in [0.05, 0.1) is 10.7 Å². The van der Waals surface area contributed by atoms with Crippen molar-refractivity contribution < 1.29 is 5.11 Å². The van der Waals surface area contributed by atoms with Crippen LogP contribution in [0.25, 0.3) is 22.2 Å². The van der Waals surface area contributed by atoms with Crippen molar-refractivity contribution in [3.8, 4) is 11.3 Å². The number of benzene rings is 1. The second-order valence-corrected chi connectivity index (χ2v) is 5.14. The number of hydrogen-bond acceptors (Lipinski definition) is 3. The van der Waals surface area contributed by atoms with Crippen molar-refractivity contribution in [3.63, 3.8) is 0 Å². The second kappa shape index (κ2) is 4.92. The number of hydrogen-bond donors (Lipinski definition) is 2. The quantitative estimate of drug-likeness (QED) is 0.755. The molecule has 0 unspecified atom stereocenters. The highest BCUT2D eigenvalue weighted by Gasteiger charge is 2.09. The number of fused-ring (bicyclic) bond motifs is 1. The molecular weight excluding hydrogens is 244 g/mol. The number of aromatic amines is 1. The number of H-pyrrole nitrogens is 1. The summed E-state index contributed by atoms with van der Waals surface area (Å²) in [6.45, 7) is 0.224. The number of aromatic nitrogens is 2. The number of aliphatic hydroxyl groups excluding tert-OH is 1. The van der Waals surface area contributed by atoms with Crippen LogP contribution in [0.1, 0.15) is 11.4 Å². The smallest absolute Gasteiger partial charge is 0.0933 e. The maximum absolute atomic E-state index is 8.83. The lowest BCUT2D eigenvalue weighted by molar-refractivity contribution is 0.288. The van der Waals surface area contributed by atoms with Crippen LogP contribution in [-0.2, 0) is 6.42 Å². The van der Waals surface area contributed by atoms with Gasteiger partial charge < -0.3 is 10.1 Å². The molecule has 0 aliphatic rings. The fraction of sp³-hybridized carbons (Fsp3) is 0.214. The fourth-order valence-corrected chi connectivity index (χ4v) is 2.90. The van der Waals surface area contributed by atoms with Crippen molar-refractivity contribution in [2.75, 3.05) is 6.61 Å². The Labute approximate surface area is 109 Å². The predicted octanol–water partition coefficient (Wildman–Crippen LogP) is 3.22. The van der Waals surface area contributed by atoms with Crippen molar-refractivity contribution in [3.05, 3.63) is 40.8 Å². The molecule has 18 heavy (non-hydrogen) atoms. The number of para-hydroxylation sites is 1. The normalized spacial score (nSPS) is 11.2. The minimum absolute atomic E-state index is 0.224. The molecule has 2 N–H and O–H groups in total. The van der Waals surface area contributed by atoms with E-state index in [1.54, 1.807) is 11.3 Å². The van der Waals surface area contributed by atoms with E-state index in [9.17, 15) is 0 Å². The van der Waals surface area contributed by atoms with Gasteiger partial charge in [-0.15, -0.1) is 11.3 Å². The first kappa shape index (κ1) is 11.4. The summed E-state index contributed by atoms with van der Waals surface area (Å²) in [5, 5.41) is 13.2. The van der Waals surface area contributed by atoms with Gasteiger partial charge in [-0.2, -0.15) is 0 Å². The fourth-order valence-electron chi connectivity index (χ4n) is 2.06. The lowest BCUT2D eigenvalue weighted by Gasteiger charge is -1.94. The molecule has 0 aliphatic heterocycles. The Kier molecular flexibility index (Phi) is 3.13. The first-order valence-electron chi connectivity index (χ1n) is 6.00. The number of thiazole rings is 1. The van der Waals surface area contributed by atoms with Gasteiger partial charge in [0, 0.05) is 41.1 Å². The molecule has 3 rings (SSSR count). The lowest BCUT2D eigenvalue weighted by atomic mass is 10.1. The van der Waals surface area contributed by atoms with Gasteiger partial charge in [-0.25, -0.2) is 4.98 Å². The van der Waals surface area contributed by atoms with Gasteiger partial charge >= 0.3 is 0 Å². The summed E-state index contributed by atoms with van der Waals surface area (Å²) >= 11 is 1.66. The maximum Gasteiger partial charge on any atom is 0.0933 e.